The number of aliphatic hydroxyl groups excluding tert-OH is 1. The SMILES string of the molecule is CCNC(C)(CO)CCN1CCCC(C)(C)CC1. The van der Waals surface area contributed by atoms with Crippen molar-refractivity contribution in [2.24, 2.45) is 5.41 Å². The molecule has 0 bridgehead atoms. The second-order valence-corrected chi connectivity index (χ2v) is 6.86. The first-order valence-corrected chi connectivity index (χ1v) is 7.49. The molecular formula is C15H32N2O. The molecule has 1 aliphatic heterocycles. The van der Waals surface area contributed by atoms with Crippen molar-refractivity contribution < 1.29 is 5.11 Å². The molecule has 108 valence electrons. The Bertz CT molecular complexity index is 243. The highest BCUT2D eigenvalue weighted by atomic mass is 16.3. The molecule has 0 amide bonds. The van der Waals surface area contributed by atoms with E-state index in [0.29, 0.717) is 5.41 Å². The fourth-order valence-electron chi connectivity index (χ4n) is 2.76. The van der Waals surface area contributed by atoms with Gasteiger partial charge in [-0.2, -0.15) is 0 Å². The van der Waals surface area contributed by atoms with E-state index in [1.54, 1.807) is 0 Å². The van der Waals surface area contributed by atoms with Crippen molar-refractivity contribution >= 4 is 0 Å². The number of likely N-dealkylation sites (N-methyl/N-ethyl adjacent to an activating group) is 1. The zero-order chi connectivity index (χ0) is 13.6. The van der Waals surface area contributed by atoms with Gasteiger partial charge in [-0.25, -0.2) is 0 Å². The van der Waals surface area contributed by atoms with E-state index in [9.17, 15) is 5.11 Å². The number of likely N-dealkylation sites (tertiary alicyclic amines) is 1. The smallest absolute Gasteiger partial charge is 0.0611 e. The van der Waals surface area contributed by atoms with Gasteiger partial charge in [0, 0.05) is 5.54 Å². The molecule has 1 fully saturated rings. The fourth-order valence-corrected chi connectivity index (χ4v) is 2.76. The highest BCUT2D eigenvalue weighted by Gasteiger charge is 2.26. The molecule has 1 atom stereocenters. The molecule has 1 saturated heterocycles. The number of hydrogen-bond donors (Lipinski definition) is 2. The summed E-state index contributed by atoms with van der Waals surface area (Å²) in [6.07, 6.45) is 4.97. The Morgan fingerprint density at radius 2 is 2.00 bits per heavy atom. The maximum absolute atomic E-state index is 9.50. The topological polar surface area (TPSA) is 35.5 Å². The van der Waals surface area contributed by atoms with Crippen molar-refractivity contribution in [1.29, 1.82) is 0 Å². The van der Waals surface area contributed by atoms with Crippen LogP contribution >= 0.6 is 0 Å². The highest BCUT2D eigenvalue weighted by Crippen LogP contribution is 2.29. The van der Waals surface area contributed by atoms with E-state index in [-0.39, 0.29) is 12.1 Å². The van der Waals surface area contributed by atoms with Crippen LogP contribution in [0.25, 0.3) is 0 Å². The van der Waals surface area contributed by atoms with Crippen LogP contribution in [0.2, 0.25) is 0 Å². The Kier molecular flexibility index (Phi) is 6.09. The van der Waals surface area contributed by atoms with Gasteiger partial charge in [-0.05, 0) is 64.2 Å². The van der Waals surface area contributed by atoms with Gasteiger partial charge in [0.05, 0.1) is 6.61 Å². The van der Waals surface area contributed by atoms with Gasteiger partial charge in [-0.1, -0.05) is 20.8 Å². The number of aliphatic hydroxyl groups is 1. The van der Waals surface area contributed by atoms with E-state index in [2.05, 4.69) is 37.9 Å². The van der Waals surface area contributed by atoms with Gasteiger partial charge in [0.2, 0.25) is 0 Å². The van der Waals surface area contributed by atoms with Crippen molar-refractivity contribution in [1.82, 2.24) is 10.2 Å². The molecule has 1 aliphatic rings. The Morgan fingerprint density at radius 3 is 2.61 bits per heavy atom. The molecule has 3 nitrogen and oxygen atoms in total. The summed E-state index contributed by atoms with van der Waals surface area (Å²) in [4.78, 5) is 2.57. The first-order chi connectivity index (χ1) is 8.41. The van der Waals surface area contributed by atoms with Crippen molar-refractivity contribution in [3.05, 3.63) is 0 Å². The van der Waals surface area contributed by atoms with Gasteiger partial charge in [0.1, 0.15) is 0 Å². The largest absolute Gasteiger partial charge is 0.394 e. The Labute approximate surface area is 113 Å². The second-order valence-electron chi connectivity index (χ2n) is 6.86. The van der Waals surface area contributed by atoms with Crippen molar-refractivity contribution in [2.75, 3.05) is 32.8 Å². The zero-order valence-electron chi connectivity index (χ0n) is 12.8. The van der Waals surface area contributed by atoms with Crippen LogP contribution in [-0.4, -0.2) is 48.3 Å². The summed E-state index contributed by atoms with van der Waals surface area (Å²) in [5, 5.41) is 12.9. The minimum absolute atomic E-state index is 0.115. The van der Waals surface area contributed by atoms with Crippen LogP contribution in [0.5, 0.6) is 0 Å². The molecule has 0 aromatic heterocycles. The first-order valence-electron chi connectivity index (χ1n) is 7.49. The molecule has 0 aromatic carbocycles. The van der Waals surface area contributed by atoms with Crippen LogP contribution in [0.3, 0.4) is 0 Å². The van der Waals surface area contributed by atoms with Gasteiger partial charge in [0.25, 0.3) is 0 Å². The molecule has 0 radical (unpaired) electrons. The van der Waals surface area contributed by atoms with Gasteiger partial charge >= 0.3 is 0 Å². The van der Waals surface area contributed by atoms with E-state index in [0.717, 1.165) is 19.5 Å². The number of nitrogens with zero attached hydrogens (tertiary/aromatic N) is 1. The average molecular weight is 256 g/mol. The molecule has 18 heavy (non-hydrogen) atoms. The maximum atomic E-state index is 9.50. The molecule has 2 N–H and O–H groups in total. The minimum atomic E-state index is -0.115. The standard InChI is InChI=1S/C15H32N2O/c1-5-16-15(4,13-18)9-12-17-10-6-7-14(2,3)8-11-17/h16,18H,5-13H2,1-4H3. The van der Waals surface area contributed by atoms with Gasteiger partial charge in [-0.3, -0.25) is 0 Å². The maximum Gasteiger partial charge on any atom is 0.0611 e. The van der Waals surface area contributed by atoms with Crippen LogP contribution in [0.15, 0.2) is 0 Å². The van der Waals surface area contributed by atoms with Crippen LogP contribution < -0.4 is 5.32 Å². The third kappa shape index (κ3) is 5.25. The summed E-state index contributed by atoms with van der Waals surface area (Å²) in [7, 11) is 0. The predicted octanol–water partition coefficient (Wildman–Crippen LogP) is 2.25. The molecule has 1 heterocycles. The van der Waals surface area contributed by atoms with Crippen molar-refractivity contribution in [3.63, 3.8) is 0 Å². The number of nitrogens with one attached hydrogen (secondary N) is 1. The van der Waals surface area contributed by atoms with E-state index in [1.807, 2.05) is 0 Å². The third-order valence-electron chi connectivity index (χ3n) is 4.37. The summed E-state index contributed by atoms with van der Waals surface area (Å²) in [6.45, 7) is 13.7. The summed E-state index contributed by atoms with van der Waals surface area (Å²) >= 11 is 0. The van der Waals surface area contributed by atoms with Gasteiger partial charge in [-0.15, -0.1) is 0 Å². The van der Waals surface area contributed by atoms with E-state index < -0.39 is 0 Å². The number of hydrogen-bond acceptors (Lipinski definition) is 3. The Morgan fingerprint density at radius 1 is 1.28 bits per heavy atom. The van der Waals surface area contributed by atoms with E-state index >= 15 is 0 Å². The highest BCUT2D eigenvalue weighted by molar-refractivity contribution is 4.84. The summed E-state index contributed by atoms with van der Waals surface area (Å²) in [5.41, 5.74) is 0.396. The van der Waals surface area contributed by atoms with Gasteiger partial charge < -0.3 is 15.3 Å². The summed E-state index contributed by atoms with van der Waals surface area (Å²) in [5.74, 6) is 0. The molecular weight excluding hydrogens is 224 g/mol. The molecule has 0 saturated carbocycles. The predicted molar refractivity (Wildman–Crippen MR) is 77.9 cm³/mol. The molecule has 3 heteroatoms. The van der Waals surface area contributed by atoms with Crippen LogP contribution in [-0.2, 0) is 0 Å². The van der Waals surface area contributed by atoms with Crippen molar-refractivity contribution in [2.45, 2.75) is 58.9 Å². The Balaban J connectivity index is 2.38. The lowest BCUT2D eigenvalue weighted by atomic mass is 9.85. The quantitative estimate of drug-likeness (QED) is 0.765. The van der Waals surface area contributed by atoms with Gasteiger partial charge in [0.15, 0.2) is 0 Å². The van der Waals surface area contributed by atoms with Crippen LogP contribution in [0, 0.1) is 5.41 Å². The lowest BCUT2D eigenvalue weighted by molar-refractivity contribution is 0.146. The van der Waals surface area contributed by atoms with Crippen LogP contribution in [0.1, 0.15) is 53.4 Å². The molecule has 1 unspecified atom stereocenters. The lowest BCUT2D eigenvalue weighted by Crippen LogP contribution is -2.48. The Hall–Kier alpha value is -0.120. The monoisotopic (exact) mass is 256 g/mol. The first kappa shape index (κ1) is 15.9. The number of rotatable bonds is 6. The molecule has 0 aliphatic carbocycles. The van der Waals surface area contributed by atoms with Crippen molar-refractivity contribution in [3.8, 4) is 0 Å². The van der Waals surface area contributed by atoms with E-state index in [1.165, 1.54) is 32.4 Å². The van der Waals surface area contributed by atoms with E-state index in [4.69, 9.17) is 0 Å². The minimum Gasteiger partial charge on any atom is -0.394 e. The lowest BCUT2D eigenvalue weighted by Gasteiger charge is -2.31. The molecule has 0 spiro atoms. The molecule has 0 aromatic rings. The summed E-state index contributed by atoms with van der Waals surface area (Å²) in [6, 6.07) is 0. The van der Waals surface area contributed by atoms with Crippen LogP contribution in [0.4, 0.5) is 0 Å². The zero-order valence-corrected chi connectivity index (χ0v) is 12.8. The second kappa shape index (κ2) is 6.88. The summed E-state index contributed by atoms with van der Waals surface area (Å²) < 4.78 is 0. The third-order valence-corrected chi connectivity index (χ3v) is 4.37. The molecule has 1 rings (SSSR count). The average Bonchev–Trinajstić information content (AvgIpc) is 2.48. The normalized spacial score (nSPS) is 24.5. The fraction of sp³-hybridized carbons (Fsp3) is 1.00.